The van der Waals surface area contributed by atoms with Crippen LogP contribution in [-0.2, 0) is 12.8 Å². The van der Waals surface area contributed by atoms with Crippen LogP contribution in [-0.4, -0.2) is 5.78 Å². The van der Waals surface area contributed by atoms with Crippen LogP contribution in [0.25, 0.3) is 0 Å². The Balaban J connectivity index is 2.07. The van der Waals surface area contributed by atoms with Crippen molar-refractivity contribution in [2.45, 2.75) is 26.2 Å². The fraction of sp³-hybridized carbons (Fsp3) is 0.312. The molecule has 0 saturated carbocycles. The molecule has 1 aliphatic carbocycles. The Morgan fingerprint density at radius 1 is 1.40 bits per heavy atom. The molecule has 0 aliphatic heterocycles. The Morgan fingerprint density at radius 2 is 2.15 bits per heavy atom. The lowest BCUT2D eigenvalue weighted by atomic mass is 9.86. The summed E-state index contributed by atoms with van der Waals surface area (Å²) < 4.78 is 13.8. The van der Waals surface area contributed by atoms with Crippen molar-refractivity contribution in [3.05, 3.63) is 51.7 Å². The maximum atomic E-state index is 13.8. The molecule has 0 bridgehead atoms. The van der Waals surface area contributed by atoms with Gasteiger partial charge in [0.2, 0.25) is 0 Å². The number of anilines is 1. The van der Waals surface area contributed by atoms with E-state index >= 15 is 0 Å². The van der Waals surface area contributed by atoms with Gasteiger partial charge in [0.25, 0.3) is 0 Å². The van der Waals surface area contributed by atoms with Crippen molar-refractivity contribution in [1.82, 2.24) is 0 Å². The third-order valence-electron chi connectivity index (χ3n) is 3.88. The van der Waals surface area contributed by atoms with Gasteiger partial charge in [-0.25, -0.2) is 4.39 Å². The molecule has 4 heteroatoms. The van der Waals surface area contributed by atoms with Crippen LogP contribution in [0.1, 0.15) is 39.7 Å². The number of hydrogen-bond acceptors (Lipinski definition) is 3. The van der Waals surface area contributed by atoms with Crippen LogP contribution in [0.15, 0.2) is 24.3 Å². The summed E-state index contributed by atoms with van der Waals surface area (Å²) in [5.74, 6) is -0.148. The lowest BCUT2D eigenvalue weighted by molar-refractivity contribution is 0.103. The predicted octanol–water partition coefficient (Wildman–Crippen LogP) is 3.83. The standard InChI is InChI=1S/C16H16FNOS/c1-9-6-7-11-13(8-9)20-16(18)14(11)15(19)10-4-2-3-5-12(10)17/h2-5,9H,6-8,18H2,1H3. The van der Waals surface area contributed by atoms with Crippen molar-refractivity contribution in [3.8, 4) is 0 Å². The summed E-state index contributed by atoms with van der Waals surface area (Å²) in [6, 6.07) is 6.09. The second kappa shape index (κ2) is 5.02. The van der Waals surface area contributed by atoms with Gasteiger partial charge in [0.1, 0.15) is 5.82 Å². The number of rotatable bonds is 2. The molecule has 0 fully saturated rings. The molecule has 1 aromatic heterocycles. The van der Waals surface area contributed by atoms with Crippen molar-refractivity contribution >= 4 is 22.1 Å². The van der Waals surface area contributed by atoms with Crippen LogP contribution in [0.3, 0.4) is 0 Å². The highest BCUT2D eigenvalue weighted by atomic mass is 32.1. The average molecular weight is 289 g/mol. The summed E-state index contributed by atoms with van der Waals surface area (Å²) in [6.45, 7) is 2.21. The van der Waals surface area contributed by atoms with E-state index in [1.807, 2.05) is 0 Å². The van der Waals surface area contributed by atoms with Crippen LogP contribution in [0, 0.1) is 11.7 Å². The largest absolute Gasteiger partial charge is 0.390 e. The first kappa shape index (κ1) is 13.3. The number of thiophene rings is 1. The topological polar surface area (TPSA) is 43.1 Å². The van der Waals surface area contributed by atoms with E-state index in [0.717, 1.165) is 24.8 Å². The fourth-order valence-electron chi connectivity index (χ4n) is 2.80. The quantitative estimate of drug-likeness (QED) is 0.854. The SMILES string of the molecule is CC1CCc2c(sc(N)c2C(=O)c2ccccc2F)C1. The summed E-state index contributed by atoms with van der Waals surface area (Å²) in [6.07, 6.45) is 2.88. The maximum Gasteiger partial charge on any atom is 0.199 e. The molecular weight excluding hydrogens is 273 g/mol. The summed E-state index contributed by atoms with van der Waals surface area (Å²) in [7, 11) is 0. The number of halogens is 1. The zero-order valence-electron chi connectivity index (χ0n) is 11.3. The van der Waals surface area contributed by atoms with Gasteiger partial charge < -0.3 is 5.73 Å². The highest BCUT2D eigenvalue weighted by Crippen LogP contribution is 2.39. The molecular formula is C16H16FNOS. The van der Waals surface area contributed by atoms with E-state index < -0.39 is 5.82 Å². The van der Waals surface area contributed by atoms with E-state index in [4.69, 9.17) is 5.73 Å². The van der Waals surface area contributed by atoms with Gasteiger partial charge in [0.05, 0.1) is 16.1 Å². The molecule has 2 N–H and O–H groups in total. The van der Waals surface area contributed by atoms with Crippen molar-refractivity contribution in [2.75, 3.05) is 5.73 Å². The van der Waals surface area contributed by atoms with Gasteiger partial charge in [-0.15, -0.1) is 11.3 Å². The summed E-state index contributed by atoms with van der Waals surface area (Å²) in [5.41, 5.74) is 7.71. The molecule has 2 aromatic rings. The van der Waals surface area contributed by atoms with Crippen molar-refractivity contribution in [1.29, 1.82) is 0 Å². The highest BCUT2D eigenvalue weighted by molar-refractivity contribution is 7.16. The summed E-state index contributed by atoms with van der Waals surface area (Å²) >= 11 is 1.48. The van der Waals surface area contributed by atoms with Crippen molar-refractivity contribution in [3.63, 3.8) is 0 Å². The number of nitrogens with two attached hydrogens (primary N) is 1. The molecule has 0 saturated heterocycles. The molecule has 3 rings (SSSR count). The van der Waals surface area contributed by atoms with Crippen molar-refractivity contribution < 1.29 is 9.18 Å². The summed E-state index contributed by atoms with van der Waals surface area (Å²) in [4.78, 5) is 13.8. The van der Waals surface area contributed by atoms with Gasteiger partial charge in [0, 0.05) is 4.88 Å². The minimum absolute atomic E-state index is 0.110. The monoisotopic (exact) mass is 289 g/mol. The first-order valence-electron chi connectivity index (χ1n) is 6.77. The van der Waals surface area contributed by atoms with Crippen LogP contribution in [0.2, 0.25) is 0 Å². The Hall–Kier alpha value is -1.68. The second-order valence-corrected chi connectivity index (χ2v) is 6.54. The molecule has 104 valence electrons. The van der Waals surface area contributed by atoms with Crippen molar-refractivity contribution in [2.24, 2.45) is 5.92 Å². The molecule has 0 radical (unpaired) electrons. The Labute approximate surface area is 121 Å². The molecule has 2 nitrogen and oxygen atoms in total. The lowest BCUT2D eigenvalue weighted by Crippen LogP contribution is -2.13. The predicted molar refractivity (Wildman–Crippen MR) is 79.8 cm³/mol. The van der Waals surface area contributed by atoms with E-state index in [2.05, 4.69) is 6.92 Å². The third kappa shape index (κ3) is 2.14. The average Bonchev–Trinajstić information content (AvgIpc) is 2.73. The molecule has 1 heterocycles. The normalized spacial score (nSPS) is 17.8. The van der Waals surface area contributed by atoms with Gasteiger partial charge in [-0.05, 0) is 42.9 Å². The fourth-order valence-corrected chi connectivity index (χ4v) is 4.08. The zero-order valence-corrected chi connectivity index (χ0v) is 12.1. The number of nitrogen functional groups attached to an aromatic ring is 1. The molecule has 20 heavy (non-hydrogen) atoms. The smallest absolute Gasteiger partial charge is 0.199 e. The van der Waals surface area contributed by atoms with Gasteiger partial charge in [-0.2, -0.15) is 0 Å². The lowest BCUT2D eigenvalue weighted by Gasteiger charge is -2.18. The molecule has 0 amide bonds. The van der Waals surface area contributed by atoms with E-state index in [0.29, 0.717) is 16.5 Å². The molecule has 1 aromatic carbocycles. The number of carbonyl (C=O) groups excluding carboxylic acids is 1. The first-order chi connectivity index (χ1) is 9.58. The van der Waals surface area contributed by atoms with Gasteiger partial charge >= 0.3 is 0 Å². The summed E-state index contributed by atoms with van der Waals surface area (Å²) in [5, 5.41) is 0.525. The minimum Gasteiger partial charge on any atom is -0.390 e. The van der Waals surface area contributed by atoms with Gasteiger partial charge in [-0.3, -0.25) is 4.79 Å². The number of fused-ring (bicyclic) bond motifs is 1. The third-order valence-corrected chi connectivity index (χ3v) is 4.97. The van der Waals surface area contributed by atoms with E-state index in [1.165, 1.54) is 28.3 Å². The molecule has 1 aliphatic rings. The Kier molecular flexibility index (Phi) is 3.34. The van der Waals surface area contributed by atoms with Gasteiger partial charge in [0.15, 0.2) is 5.78 Å². The zero-order chi connectivity index (χ0) is 14.3. The van der Waals surface area contributed by atoms with Gasteiger partial charge in [-0.1, -0.05) is 19.1 Å². The van der Waals surface area contributed by atoms with E-state index in [-0.39, 0.29) is 11.3 Å². The highest BCUT2D eigenvalue weighted by Gasteiger charge is 2.27. The van der Waals surface area contributed by atoms with Crippen LogP contribution >= 0.6 is 11.3 Å². The molecule has 1 unspecified atom stereocenters. The van der Waals surface area contributed by atoms with Crippen LogP contribution in [0.4, 0.5) is 9.39 Å². The van der Waals surface area contributed by atoms with E-state index in [1.54, 1.807) is 12.1 Å². The minimum atomic E-state index is -0.485. The molecule has 1 atom stereocenters. The Morgan fingerprint density at radius 3 is 2.90 bits per heavy atom. The number of benzene rings is 1. The number of hydrogen-bond donors (Lipinski definition) is 1. The maximum absolute atomic E-state index is 13.8. The van der Waals surface area contributed by atoms with Crippen LogP contribution < -0.4 is 5.73 Å². The Bertz CT molecular complexity index is 677. The first-order valence-corrected chi connectivity index (χ1v) is 7.58. The number of carbonyl (C=O) groups is 1. The number of ketones is 1. The van der Waals surface area contributed by atoms with E-state index in [9.17, 15) is 9.18 Å². The second-order valence-electron chi connectivity index (χ2n) is 5.40. The van der Waals surface area contributed by atoms with Crippen LogP contribution in [0.5, 0.6) is 0 Å². The molecule has 0 spiro atoms.